The zero-order chi connectivity index (χ0) is 16.8. The summed E-state index contributed by atoms with van der Waals surface area (Å²) in [4.78, 5) is 26.8. The van der Waals surface area contributed by atoms with Gasteiger partial charge in [-0.05, 0) is 12.1 Å². The molecule has 6 N–H and O–H groups in total. The van der Waals surface area contributed by atoms with Crippen molar-refractivity contribution in [3.05, 3.63) is 36.7 Å². The molecule has 0 aliphatic rings. The van der Waals surface area contributed by atoms with Gasteiger partial charge in [-0.15, -0.1) is 0 Å². The van der Waals surface area contributed by atoms with Crippen molar-refractivity contribution in [3.63, 3.8) is 0 Å². The van der Waals surface area contributed by atoms with E-state index < -0.39 is 6.03 Å². The van der Waals surface area contributed by atoms with E-state index in [-0.39, 0.29) is 0 Å². The first-order valence-electron chi connectivity index (χ1n) is 7.21. The highest BCUT2D eigenvalue weighted by Crippen LogP contribution is 2.20. The summed E-state index contributed by atoms with van der Waals surface area (Å²) in [5, 5.41) is 17.1. The topological polar surface area (TPSA) is 140 Å². The van der Waals surface area contributed by atoms with Crippen LogP contribution in [0.25, 0.3) is 11.2 Å². The number of hydrogen-bond acceptors (Lipinski definition) is 7. The number of aromatic nitrogens is 4. The van der Waals surface area contributed by atoms with E-state index in [0.717, 1.165) is 5.69 Å². The lowest BCUT2D eigenvalue weighted by Gasteiger charge is -2.10. The monoisotopic (exact) mass is 328 g/mol. The van der Waals surface area contributed by atoms with E-state index in [1.54, 1.807) is 0 Å². The van der Waals surface area contributed by atoms with Crippen LogP contribution in [-0.4, -0.2) is 44.3 Å². The molecule has 0 saturated carbocycles. The van der Waals surface area contributed by atoms with Crippen molar-refractivity contribution in [1.29, 1.82) is 0 Å². The predicted octanol–water partition coefficient (Wildman–Crippen LogP) is 1.20. The molecular weight excluding hydrogens is 312 g/mol. The quantitative estimate of drug-likeness (QED) is 0.227. The number of aromatic amines is 1. The van der Waals surface area contributed by atoms with Crippen molar-refractivity contribution < 1.29 is 10.0 Å². The normalized spacial score (nSPS) is 10.4. The molecule has 0 saturated heterocycles. The van der Waals surface area contributed by atoms with Crippen molar-refractivity contribution in [3.8, 4) is 0 Å². The number of nitrogens with one attached hydrogen (secondary N) is 5. The molecule has 0 unspecified atom stereocenters. The average molecular weight is 328 g/mol. The number of hydrogen-bond donors (Lipinski definition) is 6. The summed E-state index contributed by atoms with van der Waals surface area (Å²) in [5.74, 6) is 0.964. The Morgan fingerprint density at radius 2 is 2.00 bits per heavy atom. The van der Waals surface area contributed by atoms with Gasteiger partial charge in [-0.1, -0.05) is 18.2 Å². The van der Waals surface area contributed by atoms with Gasteiger partial charge in [0.25, 0.3) is 0 Å². The lowest BCUT2D eigenvalue weighted by molar-refractivity contribution is 0.162. The standard InChI is InChI=1S/C14H16N8O2/c23-14(22-24)16-7-6-15-11-10-12(18-8-17-10)21-13(20-11)19-9-4-2-1-3-5-9/h1-5,8,24H,6-7H2,(H2,16,22,23)(H3,15,17,18,19,20,21). The van der Waals surface area contributed by atoms with Crippen LogP contribution in [0.3, 0.4) is 0 Å². The Morgan fingerprint density at radius 1 is 1.17 bits per heavy atom. The number of rotatable bonds is 6. The Morgan fingerprint density at radius 3 is 2.79 bits per heavy atom. The summed E-state index contributed by atoms with van der Waals surface area (Å²) < 4.78 is 0. The van der Waals surface area contributed by atoms with Gasteiger partial charge in [-0.2, -0.15) is 9.97 Å². The number of para-hydroxylation sites is 1. The number of urea groups is 1. The number of carbonyl (C=O) groups is 1. The van der Waals surface area contributed by atoms with Gasteiger partial charge in [-0.3, -0.25) is 5.21 Å². The molecule has 2 aromatic heterocycles. The highest BCUT2D eigenvalue weighted by molar-refractivity contribution is 5.84. The number of fused-ring (bicyclic) bond motifs is 1. The first-order valence-corrected chi connectivity index (χ1v) is 7.21. The van der Waals surface area contributed by atoms with Gasteiger partial charge in [0, 0.05) is 18.8 Å². The highest BCUT2D eigenvalue weighted by Gasteiger charge is 2.10. The van der Waals surface area contributed by atoms with E-state index in [4.69, 9.17) is 5.21 Å². The zero-order valence-electron chi connectivity index (χ0n) is 12.6. The number of anilines is 3. The van der Waals surface area contributed by atoms with Crippen LogP contribution in [0.15, 0.2) is 36.7 Å². The van der Waals surface area contributed by atoms with Gasteiger partial charge in [0.1, 0.15) is 5.52 Å². The van der Waals surface area contributed by atoms with Gasteiger partial charge in [0.15, 0.2) is 11.5 Å². The van der Waals surface area contributed by atoms with Crippen LogP contribution >= 0.6 is 0 Å². The second-order valence-corrected chi connectivity index (χ2v) is 4.78. The second-order valence-electron chi connectivity index (χ2n) is 4.78. The summed E-state index contributed by atoms with van der Waals surface area (Å²) in [7, 11) is 0. The smallest absolute Gasteiger partial charge is 0.338 e. The number of H-pyrrole nitrogens is 1. The van der Waals surface area contributed by atoms with Crippen LogP contribution in [-0.2, 0) is 0 Å². The minimum absolute atomic E-state index is 0.299. The summed E-state index contributed by atoms with van der Waals surface area (Å²) in [6.45, 7) is 0.705. The number of amides is 2. The largest absolute Gasteiger partial charge is 0.366 e. The molecule has 24 heavy (non-hydrogen) atoms. The van der Waals surface area contributed by atoms with E-state index in [9.17, 15) is 4.79 Å². The van der Waals surface area contributed by atoms with Gasteiger partial charge >= 0.3 is 6.03 Å². The Hall–Kier alpha value is -3.40. The summed E-state index contributed by atoms with van der Waals surface area (Å²) in [6, 6.07) is 8.88. The van der Waals surface area contributed by atoms with E-state index in [0.29, 0.717) is 36.0 Å². The fraction of sp³-hybridized carbons (Fsp3) is 0.143. The molecule has 3 rings (SSSR count). The number of imidazole rings is 1. The first-order chi connectivity index (χ1) is 11.8. The van der Waals surface area contributed by atoms with E-state index in [1.165, 1.54) is 11.8 Å². The lowest BCUT2D eigenvalue weighted by Crippen LogP contribution is -2.36. The number of hydroxylamine groups is 1. The van der Waals surface area contributed by atoms with Gasteiger partial charge in [-0.25, -0.2) is 15.3 Å². The molecule has 0 aliphatic carbocycles. The fourth-order valence-electron chi connectivity index (χ4n) is 2.06. The van der Waals surface area contributed by atoms with Crippen molar-refractivity contribution in [2.45, 2.75) is 0 Å². The van der Waals surface area contributed by atoms with E-state index in [2.05, 4.69) is 35.9 Å². The van der Waals surface area contributed by atoms with Gasteiger partial charge in [0.2, 0.25) is 5.95 Å². The molecule has 3 aromatic rings. The average Bonchev–Trinajstić information content (AvgIpc) is 3.08. The number of carbonyl (C=O) groups excluding carboxylic acids is 1. The maximum atomic E-state index is 10.9. The first kappa shape index (κ1) is 15.5. The lowest BCUT2D eigenvalue weighted by atomic mass is 10.3. The van der Waals surface area contributed by atoms with E-state index in [1.807, 2.05) is 30.3 Å². The summed E-state index contributed by atoms with van der Waals surface area (Å²) in [6.07, 6.45) is 1.54. The van der Waals surface area contributed by atoms with Crippen molar-refractivity contribution in [2.24, 2.45) is 0 Å². The van der Waals surface area contributed by atoms with Crippen molar-refractivity contribution >= 4 is 34.6 Å². The Kier molecular flexibility index (Phi) is 4.68. The third-order valence-electron chi connectivity index (χ3n) is 3.12. The molecule has 0 radical (unpaired) electrons. The second kappa shape index (κ2) is 7.24. The molecule has 10 heteroatoms. The molecule has 0 aliphatic heterocycles. The minimum atomic E-state index is -0.669. The zero-order valence-corrected chi connectivity index (χ0v) is 12.6. The summed E-state index contributed by atoms with van der Waals surface area (Å²) in [5.41, 5.74) is 3.54. The molecule has 0 spiro atoms. The third-order valence-corrected chi connectivity index (χ3v) is 3.12. The molecule has 10 nitrogen and oxygen atoms in total. The molecule has 2 amide bonds. The number of benzene rings is 1. The van der Waals surface area contributed by atoms with Crippen LogP contribution < -0.4 is 21.4 Å². The van der Waals surface area contributed by atoms with Crippen LogP contribution in [0.1, 0.15) is 0 Å². The van der Waals surface area contributed by atoms with Gasteiger partial charge < -0.3 is 20.9 Å². The molecular formula is C14H16N8O2. The summed E-state index contributed by atoms with van der Waals surface area (Å²) >= 11 is 0. The Balaban J connectivity index is 1.74. The fourth-order valence-corrected chi connectivity index (χ4v) is 2.06. The minimum Gasteiger partial charge on any atom is -0.366 e. The SMILES string of the molecule is O=C(NO)NCCNc1nc(Nc2ccccc2)nc2nc[nH]c12. The van der Waals surface area contributed by atoms with Crippen LogP contribution in [0.4, 0.5) is 22.2 Å². The molecule has 2 heterocycles. The van der Waals surface area contributed by atoms with Gasteiger partial charge in [0.05, 0.1) is 6.33 Å². The van der Waals surface area contributed by atoms with Crippen LogP contribution in [0.5, 0.6) is 0 Å². The third kappa shape index (κ3) is 3.67. The molecule has 0 atom stereocenters. The van der Waals surface area contributed by atoms with Crippen LogP contribution in [0, 0.1) is 0 Å². The highest BCUT2D eigenvalue weighted by atomic mass is 16.5. The molecule has 0 fully saturated rings. The molecule has 0 bridgehead atoms. The molecule has 124 valence electrons. The van der Waals surface area contributed by atoms with E-state index >= 15 is 0 Å². The maximum absolute atomic E-state index is 10.9. The maximum Gasteiger partial charge on any atom is 0.338 e. The predicted molar refractivity (Wildman–Crippen MR) is 88.2 cm³/mol. The Labute approximate surface area is 136 Å². The molecule has 1 aromatic carbocycles. The van der Waals surface area contributed by atoms with Crippen LogP contribution in [0.2, 0.25) is 0 Å². The van der Waals surface area contributed by atoms with Crippen molar-refractivity contribution in [1.82, 2.24) is 30.7 Å². The van der Waals surface area contributed by atoms with Crippen molar-refractivity contribution in [2.75, 3.05) is 23.7 Å². The number of nitrogens with zero attached hydrogens (tertiary/aromatic N) is 3. The Bertz CT molecular complexity index is 820.